The van der Waals surface area contributed by atoms with Crippen LogP contribution in [0.2, 0.25) is 10.0 Å². The Balaban J connectivity index is 0.000000231. The number of hydrogen-bond donors (Lipinski definition) is 2. The second-order valence-corrected chi connectivity index (χ2v) is 15.7. The van der Waals surface area contributed by atoms with Crippen molar-refractivity contribution in [3.63, 3.8) is 0 Å². The number of cyclic esters (lactones) is 2. The van der Waals surface area contributed by atoms with Crippen molar-refractivity contribution in [1.82, 2.24) is 45.5 Å². The topological polar surface area (TPSA) is 244 Å². The molecule has 3 amide bonds. The minimum absolute atomic E-state index is 0. The molecule has 9 rings (SSSR count). The number of carbonyl (C=O) groups is 4. The van der Waals surface area contributed by atoms with Gasteiger partial charge in [0.05, 0.1) is 39.7 Å². The first-order valence-electron chi connectivity index (χ1n) is 21.5. The van der Waals surface area contributed by atoms with E-state index in [9.17, 15) is 19.2 Å². The Labute approximate surface area is 433 Å². The molecule has 0 aliphatic carbocycles. The average Bonchev–Trinajstić information content (AvgIpc) is 4.23. The minimum Gasteiger partial charge on any atom is -0.497 e. The number of benzene rings is 4. The molecule has 2 N–H and O–H groups in total. The number of nitrogens with one attached hydrogen (secondary N) is 1. The molecule has 5 heterocycles. The summed E-state index contributed by atoms with van der Waals surface area (Å²) in [5.41, 5.74) is 3.18. The molecular formula is C47H50Cl2IN11O10. The SMILES string of the molecule is C.CNC(C)=O.COc1cccc([C@H]2[C@H](Cn3cc(-c4nnc(C)o4)nn3)OC(=O)N2c2ccc(Cl)cc2)c1.COc1cccc([C@H]2[C@H](Cn3cc(C(=O)O)nn3)OC(=O)N2c2ccc(Cl)cc2)c1.[2H]CI. The Morgan fingerprint density at radius 3 is 1.61 bits per heavy atom. The van der Waals surface area contributed by atoms with Crippen molar-refractivity contribution in [1.29, 1.82) is 0 Å². The molecule has 0 saturated carbocycles. The van der Waals surface area contributed by atoms with E-state index in [1.54, 1.807) is 98.6 Å². The number of aromatic nitrogens is 8. The van der Waals surface area contributed by atoms with Crippen molar-refractivity contribution < 1.29 is 49.0 Å². The lowest BCUT2D eigenvalue weighted by Gasteiger charge is -2.25. The van der Waals surface area contributed by atoms with Gasteiger partial charge in [-0.2, -0.15) is 0 Å². The molecular weight excluding hydrogens is 1080 g/mol. The molecule has 2 saturated heterocycles. The van der Waals surface area contributed by atoms with E-state index in [1.807, 2.05) is 65.1 Å². The number of methoxy groups -OCH3 is 2. The van der Waals surface area contributed by atoms with E-state index >= 15 is 0 Å². The van der Waals surface area contributed by atoms with E-state index in [1.165, 1.54) is 22.7 Å². The normalized spacial score (nSPS) is 16.8. The third-order valence-electron chi connectivity index (χ3n) is 10.4. The van der Waals surface area contributed by atoms with Crippen LogP contribution in [0.1, 0.15) is 55.3 Å². The summed E-state index contributed by atoms with van der Waals surface area (Å²) in [6.45, 7) is 3.55. The highest BCUT2D eigenvalue weighted by molar-refractivity contribution is 14.1. The van der Waals surface area contributed by atoms with Crippen molar-refractivity contribution in [3.05, 3.63) is 142 Å². The van der Waals surface area contributed by atoms with Gasteiger partial charge in [-0.05, 0) is 88.8 Å². The highest BCUT2D eigenvalue weighted by Gasteiger charge is 2.45. The summed E-state index contributed by atoms with van der Waals surface area (Å²) in [7, 11) is 4.76. The monoisotopic (exact) mass is 1130 g/mol. The van der Waals surface area contributed by atoms with Crippen LogP contribution in [-0.2, 0) is 27.4 Å². The first-order chi connectivity index (χ1) is 34.2. The third kappa shape index (κ3) is 13.7. The van der Waals surface area contributed by atoms with E-state index in [-0.39, 0.29) is 38.0 Å². The number of alkyl halides is 1. The lowest BCUT2D eigenvalue weighted by atomic mass is 9.99. The van der Waals surface area contributed by atoms with E-state index in [0.717, 1.165) is 11.1 Å². The molecule has 7 aromatic rings. The van der Waals surface area contributed by atoms with Gasteiger partial charge in [0.2, 0.25) is 11.8 Å². The van der Waals surface area contributed by atoms with Crippen LogP contribution in [0, 0.1) is 6.92 Å². The maximum atomic E-state index is 13.0. The lowest BCUT2D eigenvalue weighted by molar-refractivity contribution is -0.118. The molecule has 0 unspecified atom stereocenters. The van der Waals surface area contributed by atoms with Crippen LogP contribution in [0.4, 0.5) is 21.0 Å². The Morgan fingerprint density at radius 2 is 1.21 bits per heavy atom. The van der Waals surface area contributed by atoms with Gasteiger partial charge < -0.3 is 33.8 Å². The highest BCUT2D eigenvalue weighted by atomic mass is 127. The molecule has 4 aromatic carbocycles. The number of rotatable bonds is 12. The van der Waals surface area contributed by atoms with Gasteiger partial charge >= 0.3 is 18.2 Å². The van der Waals surface area contributed by atoms with Crippen LogP contribution in [0.25, 0.3) is 11.6 Å². The molecule has 0 radical (unpaired) electrons. The zero-order chi connectivity index (χ0) is 51.2. The largest absolute Gasteiger partial charge is 0.497 e. The standard InChI is InChI=1S/C22H19ClN6O4.C20H17ClN4O5.C3H7NO.CH3I.CH4/c1-13-24-26-21(32-13)18-11-28(27-25-18)12-19-20(14-4-3-5-17(10-14)31-2)29(22(30)33-19)16-8-6-15(23)7-9-16;1-29-15-4-2-3-12(9-15)18-17(11-24-10-16(19(26)27)22-23-24)30-20(28)25(18)14-7-5-13(21)6-8-14;1-3(5)4-2;1-2;/h3-11,19-20H,12H2,1-2H3;2-10,17-18H,11H2,1H3,(H,26,27);1-2H3,(H,4,5);1H3;1H4/t19-,20-;17-,18-;;;/m00.../s1/i;;;1D;. The molecule has 3 aromatic heterocycles. The Hall–Kier alpha value is -7.31. The maximum absolute atomic E-state index is 13.0. The second-order valence-electron chi connectivity index (χ2n) is 14.9. The molecule has 4 atom stereocenters. The lowest BCUT2D eigenvalue weighted by Crippen LogP contribution is -2.31. The fourth-order valence-electron chi connectivity index (χ4n) is 7.19. The number of carbonyl (C=O) groups excluding carboxylic acids is 3. The number of amides is 3. The van der Waals surface area contributed by atoms with Crippen LogP contribution in [0.3, 0.4) is 0 Å². The quantitative estimate of drug-likeness (QED) is 0.0857. The number of hydrogen-bond acceptors (Lipinski definition) is 15. The van der Waals surface area contributed by atoms with Gasteiger partial charge in [0.25, 0.3) is 5.89 Å². The van der Waals surface area contributed by atoms with Gasteiger partial charge in [0.15, 0.2) is 11.4 Å². The number of carboxylic acids is 1. The van der Waals surface area contributed by atoms with Crippen molar-refractivity contribution in [2.24, 2.45) is 0 Å². The average molecular weight is 1130 g/mol. The number of carboxylic acid groups (broad SMARTS) is 1. The first-order valence-corrected chi connectivity index (χ1v) is 23.1. The molecule has 0 bridgehead atoms. The van der Waals surface area contributed by atoms with Gasteiger partial charge in [-0.3, -0.25) is 14.6 Å². The van der Waals surface area contributed by atoms with E-state index < -0.39 is 42.4 Å². The molecule has 2 aliphatic heterocycles. The fourth-order valence-corrected chi connectivity index (χ4v) is 7.44. The molecule has 2 aliphatic rings. The van der Waals surface area contributed by atoms with Gasteiger partial charge in [-0.25, -0.2) is 23.7 Å². The number of aromatic carboxylic acids is 1. The number of ether oxygens (including phenoxy) is 4. The maximum Gasteiger partial charge on any atom is 0.415 e. The molecule has 21 nitrogen and oxygen atoms in total. The van der Waals surface area contributed by atoms with E-state index in [4.69, 9.17) is 53.0 Å². The molecule has 24 heteroatoms. The van der Waals surface area contributed by atoms with E-state index in [2.05, 4.69) is 36.1 Å². The molecule has 374 valence electrons. The Bertz CT molecular complexity index is 2910. The Kier molecular flexibility index (Phi) is 19.1. The van der Waals surface area contributed by atoms with Crippen LogP contribution in [0.5, 0.6) is 11.5 Å². The predicted molar refractivity (Wildman–Crippen MR) is 271 cm³/mol. The third-order valence-corrected chi connectivity index (χ3v) is 10.9. The van der Waals surface area contributed by atoms with E-state index in [0.29, 0.717) is 49.4 Å². The van der Waals surface area contributed by atoms with Gasteiger partial charge in [0, 0.05) is 43.7 Å². The summed E-state index contributed by atoms with van der Waals surface area (Å²) >= 11 is 14.0. The van der Waals surface area contributed by atoms with Crippen LogP contribution in [0.15, 0.2) is 114 Å². The van der Waals surface area contributed by atoms with Crippen molar-refractivity contribution in [2.75, 3.05) is 36.0 Å². The number of nitrogens with zero attached hydrogens (tertiary/aromatic N) is 10. The summed E-state index contributed by atoms with van der Waals surface area (Å²) < 4.78 is 36.7. The predicted octanol–water partition coefficient (Wildman–Crippen LogP) is 8.91. The van der Waals surface area contributed by atoms with Crippen molar-refractivity contribution >= 4 is 81.2 Å². The number of halogens is 3. The summed E-state index contributed by atoms with van der Waals surface area (Å²) in [5, 5.41) is 36.0. The summed E-state index contributed by atoms with van der Waals surface area (Å²) in [4.78, 5) is 50.2. The zero-order valence-electron chi connectivity index (χ0n) is 39.1. The Morgan fingerprint density at radius 1 is 0.761 bits per heavy atom. The van der Waals surface area contributed by atoms with Crippen molar-refractivity contribution in [3.8, 4) is 23.1 Å². The zero-order valence-corrected chi connectivity index (χ0v) is 41.7. The first kappa shape index (κ1) is 53.0. The summed E-state index contributed by atoms with van der Waals surface area (Å²) in [5.74, 6) is 0.837. The van der Waals surface area contributed by atoms with Crippen LogP contribution in [-0.4, -0.2) is 108 Å². The highest BCUT2D eigenvalue weighted by Crippen LogP contribution is 2.41. The molecule has 2 fully saturated rings. The minimum atomic E-state index is -1.18. The fraction of sp³-hybridized carbons (Fsp3) is 0.277. The summed E-state index contributed by atoms with van der Waals surface area (Å²) in [6.07, 6.45) is 0.762. The second kappa shape index (κ2) is 25.5. The number of aryl methyl sites for hydroxylation is 1. The molecule has 71 heavy (non-hydrogen) atoms. The summed E-state index contributed by atoms with van der Waals surface area (Å²) in [6, 6.07) is 27.8. The van der Waals surface area contributed by atoms with Gasteiger partial charge in [-0.15, -0.1) is 20.4 Å². The van der Waals surface area contributed by atoms with Gasteiger partial charge in [0.1, 0.15) is 35.8 Å². The smallest absolute Gasteiger partial charge is 0.415 e. The molecule has 0 spiro atoms. The van der Waals surface area contributed by atoms with Crippen LogP contribution >= 0.6 is 45.8 Å². The number of anilines is 2. The van der Waals surface area contributed by atoms with Crippen molar-refractivity contribution in [2.45, 2.75) is 58.7 Å². The van der Waals surface area contributed by atoms with Gasteiger partial charge in [-0.1, -0.05) is 87.9 Å². The van der Waals surface area contributed by atoms with Crippen LogP contribution < -0.4 is 24.6 Å².